The van der Waals surface area contributed by atoms with Crippen LogP contribution in [0.4, 0.5) is 0 Å². The SMILES string of the molecule is Cc1cn([C@H]2C[C@H](N=[N+]=[N-])[C@@H](COP(=O)(O)OP(=O)(O)OP(=O)(O)O)O2)c(=O)[nH]c1=O.N.N.N.N. The normalized spacial score (nSPS) is 22.5. The first-order valence-corrected chi connectivity index (χ1v) is 12.4. The van der Waals surface area contributed by atoms with Crippen LogP contribution in [0.2, 0.25) is 0 Å². The molecule has 35 heavy (non-hydrogen) atoms. The zero-order chi connectivity index (χ0) is 23.6. The zero-order valence-electron chi connectivity index (χ0n) is 18.1. The van der Waals surface area contributed by atoms with E-state index in [1.54, 1.807) is 0 Å². The first-order chi connectivity index (χ1) is 14.1. The average molecular weight is 575 g/mol. The Hall–Kier alpha value is -1.80. The summed E-state index contributed by atoms with van der Waals surface area (Å²) in [6.07, 6.45) is -1.26. The number of phosphoric ester groups is 1. The Bertz CT molecular complexity index is 1140. The van der Waals surface area contributed by atoms with Gasteiger partial charge >= 0.3 is 29.2 Å². The van der Waals surface area contributed by atoms with E-state index in [2.05, 4.69) is 23.2 Å². The lowest BCUT2D eigenvalue weighted by Gasteiger charge is -2.19. The van der Waals surface area contributed by atoms with Gasteiger partial charge in [0.25, 0.3) is 5.56 Å². The number of aromatic nitrogens is 2. The molecular formula is C10H28N9O13P3. The van der Waals surface area contributed by atoms with Crippen molar-refractivity contribution in [2.24, 2.45) is 5.11 Å². The second-order valence-corrected chi connectivity index (χ2v) is 10.4. The van der Waals surface area contributed by atoms with E-state index in [9.17, 15) is 28.2 Å². The van der Waals surface area contributed by atoms with Gasteiger partial charge in [0.15, 0.2) is 0 Å². The summed E-state index contributed by atoms with van der Waals surface area (Å²) < 4.78 is 51.8. The van der Waals surface area contributed by atoms with Crippen molar-refractivity contribution < 1.29 is 51.2 Å². The predicted octanol–water partition coefficient (Wildman–Crippen LogP) is 0.803. The average Bonchev–Trinajstić information content (AvgIpc) is 2.96. The molecule has 22 nitrogen and oxygen atoms in total. The number of rotatable bonds is 9. The van der Waals surface area contributed by atoms with Gasteiger partial charge in [-0.25, -0.2) is 18.5 Å². The van der Waals surface area contributed by atoms with Crippen molar-refractivity contribution in [3.8, 4) is 0 Å². The number of ether oxygens (including phenoxy) is 1. The van der Waals surface area contributed by atoms with E-state index in [4.69, 9.17) is 24.9 Å². The number of aryl methyl sites for hydroxylation is 1. The van der Waals surface area contributed by atoms with Crippen molar-refractivity contribution >= 4 is 23.5 Å². The molecule has 25 heteroatoms. The lowest BCUT2D eigenvalue weighted by atomic mass is 10.1. The van der Waals surface area contributed by atoms with Crippen LogP contribution in [0.25, 0.3) is 10.4 Å². The highest BCUT2D eigenvalue weighted by atomic mass is 31.3. The minimum absolute atomic E-state index is 0. The highest BCUT2D eigenvalue weighted by molar-refractivity contribution is 7.66. The Kier molecular flexibility index (Phi) is 15.2. The predicted molar refractivity (Wildman–Crippen MR) is 117 cm³/mol. The zero-order valence-corrected chi connectivity index (χ0v) is 20.8. The number of aromatic amines is 1. The van der Waals surface area contributed by atoms with Crippen molar-refractivity contribution in [1.29, 1.82) is 0 Å². The van der Waals surface area contributed by atoms with Gasteiger partial charge in [-0.15, -0.1) is 0 Å². The fraction of sp³-hybridized carbons (Fsp3) is 0.600. The molecule has 1 saturated heterocycles. The fourth-order valence-electron chi connectivity index (χ4n) is 2.49. The monoisotopic (exact) mass is 575 g/mol. The maximum absolute atomic E-state index is 12.0. The lowest BCUT2D eigenvalue weighted by molar-refractivity contribution is -0.0267. The van der Waals surface area contributed by atoms with Gasteiger partial charge in [-0.3, -0.25) is 18.9 Å². The molecule has 206 valence electrons. The molecule has 17 N–H and O–H groups in total. The van der Waals surface area contributed by atoms with Crippen molar-refractivity contribution in [2.75, 3.05) is 6.61 Å². The van der Waals surface area contributed by atoms with E-state index < -0.39 is 59.7 Å². The topological polar surface area (TPSA) is 413 Å². The number of nitrogens with zero attached hydrogens (tertiary/aromatic N) is 4. The summed E-state index contributed by atoms with van der Waals surface area (Å²) in [4.78, 5) is 63.7. The quantitative estimate of drug-likeness (QED) is 0.0850. The third kappa shape index (κ3) is 11.2. The summed E-state index contributed by atoms with van der Waals surface area (Å²) in [5, 5.41) is 3.42. The van der Waals surface area contributed by atoms with Crippen LogP contribution in [0.1, 0.15) is 18.2 Å². The summed E-state index contributed by atoms with van der Waals surface area (Å²) in [6.45, 7) is 0.544. The third-order valence-corrected chi connectivity index (χ3v) is 7.48. The van der Waals surface area contributed by atoms with Crippen molar-refractivity contribution in [3.63, 3.8) is 0 Å². The first-order valence-electron chi connectivity index (χ1n) is 7.92. The molecule has 0 spiro atoms. The van der Waals surface area contributed by atoms with Gasteiger partial charge in [0.2, 0.25) is 0 Å². The van der Waals surface area contributed by atoms with Gasteiger partial charge in [-0.2, -0.15) is 8.62 Å². The molecule has 2 rings (SSSR count). The third-order valence-electron chi connectivity index (χ3n) is 3.68. The Morgan fingerprint density at radius 2 is 1.71 bits per heavy atom. The molecule has 5 atom stereocenters. The second-order valence-electron chi connectivity index (χ2n) is 6.00. The van der Waals surface area contributed by atoms with Crippen LogP contribution in [0.5, 0.6) is 0 Å². The minimum atomic E-state index is -5.70. The number of hydrogen-bond acceptors (Lipinski definition) is 14. The van der Waals surface area contributed by atoms with Gasteiger partial charge in [0.05, 0.1) is 18.8 Å². The Balaban J connectivity index is -0.00000256. The molecule has 1 aromatic rings. The molecule has 0 aromatic carbocycles. The van der Waals surface area contributed by atoms with Gasteiger partial charge in [-0.1, -0.05) is 5.11 Å². The summed E-state index contributed by atoms with van der Waals surface area (Å²) in [5.74, 6) is 0. The summed E-state index contributed by atoms with van der Waals surface area (Å²) >= 11 is 0. The number of hydrogen-bond donors (Lipinski definition) is 9. The van der Waals surface area contributed by atoms with Crippen LogP contribution in [-0.4, -0.2) is 47.9 Å². The van der Waals surface area contributed by atoms with Gasteiger partial charge in [0.1, 0.15) is 6.23 Å². The highest BCUT2D eigenvalue weighted by Crippen LogP contribution is 2.66. The summed E-state index contributed by atoms with van der Waals surface area (Å²) in [5.41, 5.74) is 7.38. The van der Waals surface area contributed by atoms with E-state index >= 15 is 0 Å². The van der Waals surface area contributed by atoms with E-state index in [1.807, 2.05) is 4.98 Å². The summed E-state index contributed by atoms with van der Waals surface area (Å²) in [6, 6.07) is -1.04. The minimum Gasteiger partial charge on any atom is -0.352 e. The van der Waals surface area contributed by atoms with Crippen molar-refractivity contribution in [3.05, 3.63) is 43.0 Å². The van der Waals surface area contributed by atoms with Crippen molar-refractivity contribution in [2.45, 2.75) is 31.7 Å². The number of phosphoric acid groups is 3. The molecular weight excluding hydrogens is 547 g/mol. The standard InChI is InChI=1S/C10H16N5O13P3.4H3N/c1-5-3-15(10(17)12-9(5)16)8-2-6(13-14-11)7(26-8)4-25-30(21,22)28-31(23,24)27-29(18,19)20;;;;/h3,6-8H,2,4H2,1H3,(H,21,22)(H,23,24)(H,12,16,17)(H2,18,19,20);4*1H3/t6-,7+,8+;;;;/m0..../s1. The molecule has 0 radical (unpaired) electrons. The van der Waals surface area contributed by atoms with Crippen LogP contribution in [0.3, 0.4) is 0 Å². The molecule has 1 aromatic heterocycles. The molecule has 1 aliphatic rings. The van der Waals surface area contributed by atoms with Gasteiger partial charge in [0, 0.05) is 23.1 Å². The van der Waals surface area contributed by atoms with E-state index in [-0.39, 0.29) is 36.6 Å². The fourth-order valence-corrected chi connectivity index (χ4v) is 5.52. The maximum Gasteiger partial charge on any atom is 0.490 e. The van der Waals surface area contributed by atoms with E-state index in [0.717, 1.165) is 4.57 Å². The molecule has 0 amide bonds. The van der Waals surface area contributed by atoms with E-state index in [0.29, 0.717) is 0 Å². The molecule has 2 heterocycles. The Morgan fingerprint density at radius 3 is 2.23 bits per heavy atom. The largest absolute Gasteiger partial charge is 0.490 e. The van der Waals surface area contributed by atoms with Gasteiger partial charge < -0.3 is 48.9 Å². The molecule has 1 aliphatic heterocycles. The maximum atomic E-state index is 12.0. The molecule has 2 unspecified atom stereocenters. The van der Waals surface area contributed by atoms with Gasteiger partial charge in [-0.05, 0) is 12.5 Å². The summed E-state index contributed by atoms with van der Waals surface area (Å²) in [7, 11) is -16.7. The Morgan fingerprint density at radius 1 is 1.14 bits per heavy atom. The Labute approximate surface area is 196 Å². The second kappa shape index (κ2) is 14.1. The smallest absolute Gasteiger partial charge is 0.352 e. The number of azide groups is 1. The highest BCUT2D eigenvalue weighted by Gasteiger charge is 2.43. The molecule has 0 saturated carbocycles. The van der Waals surface area contributed by atoms with Crippen LogP contribution in [-0.2, 0) is 31.6 Å². The van der Waals surface area contributed by atoms with Crippen LogP contribution >= 0.6 is 23.5 Å². The van der Waals surface area contributed by atoms with Crippen LogP contribution in [0.15, 0.2) is 20.9 Å². The molecule has 0 bridgehead atoms. The molecule has 1 fully saturated rings. The number of H-pyrrole nitrogens is 1. The molecule has 0 aliphatic carbocycles. The lowest BCUT2D eigenvalue weighted by Crippen LogP contribution is -2.33. The number of nitrogens with one attached hydrogen (secondary N) is 1. The van der Waals surface area contributed by atoms with Crippen LogP contribution in [0, 0.1) is 6.92 Å². The van der Waals surface area contributed by atoms with E-state index in [1.165, 1.54) is 13.1 Å². The van der Waals surface area contributed by atoms with Crippen LogP contribution < -0.4 is 35.9 Å². The van der Waals surface area contributed by atoms with Crippen molar-refractivity contribution in [1.82, 2.24) is 34.2 Å². The first kappa shape index (κ1) is 37.7.